The first kappa shape index (κ1) is 19.5. The molecule has 1 atom stereocenters. The Hall–Kier alpha value is 0.423. The molecular formula is C18H24Cl2Zr. The Morgan fingerprint density at radius 1 is 1.10 bits per heavy atom. The summed E-state index contributed by atoms with van der Waals surface area (Å²) in [6.45, 7) is 7.39. The van der Waals surface area contributed by atoms with Crippen molar-refractivity contribution in [2.24, 2.45) is 5.41 Å². The minimum absolute atomic E-state index is 0. The molecule has 1 unspecified atom stereocenters. The first-order valence-electron chi connectivity index (χ1n) is 7.58. The summed E-state index contributed by atoms with van der Waals surface area (Å²) in [5, 5.41) is 0. The summed E-state index contributed by atoms with van der Waals surface area (Å²) >= 11 is -0.590. The van der Waals surface area contributed by atoms with Crippen LogP contribution in [0.3, 0.4) is 0 Å². The van der Waals surface area contributed by atoms with Crippen LogP contribution in [0.4, 0.5) is 0 Å². The van der Waals surface area contributed by atoms with E-state index in [9.17, 15) is 0 Å². The monoisotopic (exact) mass is 400 g/mol. The molecule has 0 aromatic rings. The molecule has 21 heavy (non-hydrogen) atoms. The summed E-state index contributed by atoms with van der Waals surface area (Å²) in [5.41, 5.74) is 3.92. The van der Waals surface area contributed by atoms with Crippen molar-refractivity contribution in [1.29, 1.82) is 0 Å². The number of hydrogen-bond donors (Lipinski definition) is 0. The van der Waals surface area contributed by atoms with Gasteiger partial charge in [-0.05, 0) is 0 Å². The Labute approximate surface area is 153 Å². The fourth-order valence-corrected chi connectivity index (χ4v) is 8.32. The van der Waals surface area contributed by atoms with E-state index in [1.54, 1.807) is 8.85 Å². The predicted molar refractivity (Wildman–Crippen MR) is 78.6 cm³/mol. The zero-order valence-electron chi connectivity index (χ0n) is 13.2. The molecule has 3 aliphatic rings. The maximum absolute atomic E-state index is 2.62. The van der Waals surface area contributed by atoms with Crippen molar-refractivity contribution in [3.63, 3.8) is 0 Å². The van der Waals surface area contributed by atoms with Crippen molar-refractivity contribution in [2.45, 2.75) is 56.0 Å². The van der Waals surface area contributed by atoms with Gasteiger partial charge in [-0.25, -0.2) is 0 Å². The third-order valence-electron chi connectivity index (χ3n) is 4.83. The first-order chi connectivity index (χ1) is 9.03. The second-order valence-corrected chi connectivity index (χ2v) is 11.2. The summed E-state index contributed by atoms with van der Waals surface area (Å²) in [4.78, 5) is 0. The molecule has 0 radical (unpaired) electrons. The van der Waals surface area contributed by atoms with Crippen LogP contribution in [0.2, 0.25) is 3.12 Å². The van der Waals surface area contributed by atoms with Gasteiger partial charge in [-0.3, -0.25) is 0 Å². The number of hydrogen-bond acceptors (Lipinski definition) is 0. The number of allylic oxidation sites excluding steroid dienone is 8. The maximum atomic E-state index is 2.62. The molecule has 3 aliphatic carbocycles. The van der Waals surface area contributed by atoms with Crippen molar-refractivity contribution < 1.29 is 48.0 Å². The number of rotatable bonds is 2. The van der Waals surface area contributed by atoms with E-state index >= 15 is 0 Å². The summed E-state index contributed by atoms with van der Waals surface area (Å²) in [5.74, 6) is 0. The molecule has 0 spiro atoms. The van der Waals surface area contributed by atoms with Crippen molar-refractivity contribution in [3.05, 3.63) is 44.8 Å². The smallest absolute Gasteiger partial charge is 1.00 e. The summed E-state index contributed by atoms with van der Waals surface area (Å²) in [7, 11) is 0. The van der Waals surface area contributed by atoms with Gasteiger partial charge in [-0.15, -0.1) is 0 Å². The molecule has 0 nitrogen and oxygen atoms in total. The van der Waals surface area contributed by atoms with Crippen molar-refractivity contribution in [1.82, 2.24) is 0 Å². The van der Waals surface area contributed by atoms with Crippen molar-refractivity contribution in [2.75, 3.05) is 0 Å². The average Bonchev–Trinajstić information content (AvgIpc) is 2.98. The molecule has 0 amide bonds. The van der Waals surface area contributed by atoms with Gasteiger partial charge in [0, 0.05) is 0 Å². The third kappa shape index (κ3) is 3.51. The van der Waals surface area contributed by atoms with Gasteiger partial charge in [0.25, 0.3) is 0 Å². The largest absolute Gasteiger partial charge is 1.00 e. The van der Waals surface area contributed by atoms with E-state index in [1.165, 1.54) is 32.1 Å². The second kappa shape index (κ2) is 7.33. The van der Waals surface area contributed by atoms with E-state index in [4.69, 9.17) is 0 Å². The second-order valence-electron chi connectivity index (χ2n) is 7.05. The molecule has 114 valence electrons. The normalized spacial score (nSPS) is 26.7. The van der Waals surface area contributed by atoms with E-state index in [2.05, 4.69) is 51.2 Å². The molecule has 3 rings (SSSR count). The van der Waals surface area contributed by atoms with Gasteiger partial charge in [-0.1, -0.05) is 0 Å². The summed E-state index contributed by atoms with van der Waals surface area (Å²) in [6, 6.07) is 0. The van der Waals surface area contributed by atoms with Gasteiger partial charge < -0.3 is 24.8 Å². The van der Waals surface area contributed by atoms with Crippen LogP contribution in [0.1, 0.15) is 52.9 Å². The summed E-state index contributed by atoms with van der Waals surface area (Å²) in [6.07, 6.45) is 18.9. The Bertz CT molecular complexity index is 506. The SMILES string of the molecule is CC(C)(C)[C]1([Zr+2][C]2=CC=CC2)C=CC2=C1CCCC2.[Cl-].[Cl-]. The van der Waals surface area contributed by atoms with Gasteiger partial charge in [-0.2, -0.15) is 0 Å². The fraction of sp³-hybridized carbons (Fsp3) is 0.556. The molecule has 0 heterocycles. The predicted octanol–water partition coefficient (Wildman–Crippen LogP) is -0.434. The Morgan fingerprint density at radius 3 is 2.43 bits per heavy atom. The van der Waals surface area contributed by atoms with Gasteiger partial charge in [0.05, 0.1) is 0 Å². The van der Waals surface area contributed by atoms with Crippen LogP contribution in [0.15, 0.2) is 44.8 Å². The Balaban J connectivity index is 0.00000110. The molecule has 0 fully saturated rings. The van der Waals surface area contributed by atoms with E-state index < -0.39 is 23.2 Å². The molecule has 3 heteroatoms. The molecule has 0 saturated carbocycles. The topological polar surface area (TPSA) is 0 Å². The first-order valence-corrected chi connectivity index (χ1v) is 10.0. The van der Waals surface area contributed by atoms with Crippen LogP contribution < -0.4 is 24.8 Å². The fourth-order valence-electron chi connectivity index (χ4n) is 3.69. The zero-order chi connectivity index (χ0) is 13.5. The van der Waals surface area contributed by atoms with Gasteiger partial charge in [0.1, 0.15) is 0 Å². The quantitative estimate of drug-likeness (QED) is 0.588. The van der Waals surface area contributed by atoms with Crippen LogP contribution in [-0.2, 0) is 23.2 Å². The summed E-state index contributed by atoms with van der Waals surface area (Å²) < 4.78 is 2.23. The van der Waals surface area contributed by atoms with Crippen LogP contribution >= 0.6 is 0 Å². The standard InChI is InChI=1S/C13H19.C5H5.2ClH.Zr/c1-13(2,3)12-9-8-10-6-4-5-7-11(10)12;1-2-4-5-3-1;;;/h8-9H,4-7H2,1-3H3;1-3H,4H2;2*1H;/q;;;;+2/p-2. The van der Waals surface area contributed by atoms with Crippen molar-refractivity contribution >= 4 is 0 Å². The average molecular weight is 403 g/mol. The molecule has 0 N–H and O–H groups in total. The minimum Gasteiger partial charge on any atom is -1.00 e. The van der Waals surface area contributed by atoms with Crippen LogP contribution in [0.5, 0.6) is 0 Å². The number of halogens is 2. The van der Waals surface area contributed by atoms with Crippen LogP contribution in [0.25, 0.3) is 0 Å². The zero-order valence-corrected chi connectivity index (χ0v) is 17.1. The molecule has 0 saturated heterocycles. The Kier molecular flexibility index (Phi) is 6.80. The van der Waals surface area contributed by atoms with Gasteiger partial charge in [0.15, 0.2) is 0 Å². The molecule has 0 bridgehead atoms. The molecular weight excluding hydrogens is 378 g/mol. The van der Waals surface area contributed by atoms with Gasteiger partial charge in [0.2, 0.25) is 0 Å². The van der Waals surface area contributed by atoms with Crippen LogP contribution in [0, 0.1) is 5.41 Å². The van der Waals surface area contributed by atoms with E-state index in [0.29, 0.717) is 8.54 Å². The van der Waals surface area contributed by atoms with Gasteiger partial charge >= 0.3 is 129 Å². The molecule has 0 aliphatic heterocycles. The molecule has 0 aromatic carbocycles. The Morgan fingerprint density at radius 2 is 1.81 bits per heavy atom. The third-order valence-corrected chi connectivity index (χ3v) is 10.5. The maximum Gasteiger partial charge on any atom is -1.00 e. The van der Waals surface area contributed by atoms with E-state index in [1.807, 2.05) is 5.57 Å². The van der Waals surface area contributed by atoms with E-state index in [-0.39, 0.29) is 24.8 Å². The molecule has 0 aromatic heterocycles. The minimum atomic E-state index is -0.590. The van der Waals surface area contributed by atoms with Crippen LogP contribution in [-0.4, -0.2) is 0 Å². The van der Waals surface area contributed by atoms with E-state index in [0.717, 1.165) is 0 Å². The van der Waals surface area contributed by atoms with Crippen molar-refractivity contribution in [3.8, 4) is 0 Å².